The zero-order valence-corrected chi connectivity index (χ0v) is 10.7. The van der Waals surface area contributed by atoms with Gasteiger partial charge in [-0.15, -0.1) is 0 Å². The van der Waals surface area contributed by atoms with E-state index in [0.717, 1.165) is 37.3 Å². The molecule has 1 aromatic carbocycles. The van der Waals surface area contributed by atoms with Crippen molar-refractivity contribution >= 4 is 5.82 Å². The molecule has 5 heteroatoms. The fraction of sp³-hybridized carbons (Fsp3) is 0.357. The van der Waals surface area contributed by atoms with Crippen LogP contribution in [0, 0.1) is 11.6 Å². The Bertz CT molecular complexity index is 634. The number of imidazole rings is 1. The Hall–Kier alpha value is -1.91. The molecule has 1 aliphatic rings. The van der Waals surface area contributed by atoms with Gasteiger partial charge in [0.05, 0.1) is 0 Å². The molecule has 0 saturated heterocycles. The second-order valence-electron chi connectivity index (χ2n) is 5.03. The zero-order valence-electron chi connectivity index (χ0n) is 10.7. The number of anilines is 1. The van der Waals surface area contributed by atoms with Crippen LogP contribution in [-0.2, 0) is 6.54 Å². The number of rotatable bonds is 1. The van der Waals surface area contributed by atoms with Crippen LogP contribution in [0.5, 0.6) is 0 Å². The third-order valence-electron chi connectivity index (χ3n) is 3.69. The van der Waals surface area contributed by atoms with Gasteiger partial charge in [-0.05, 0) is 31.0 Å². The lowest BCUT2D eigenvalue weighted by atomic mass is 10.0. The van der Waals surface area contributed by atoms with Crippen molar-refractivity contribution in [1.82, 2.24) is 9.55 Å². The predicted octanol–water partition coefficient (Wildman–Crippen LogP) is 3.31. The maximum absolute atomic E-state index is 13.3. The number of hydrogen-bond donors (Lipinski definition) is 1. The molecule has 0 radical (unpaired) electrons. The van der Waals surface area contributed by atoms with Crippen LogP contribution in [0.15, 0.2) is 18.2 Å². The Morgan fingerprint density at radius 2 is 2.11 bits per heavy atom. The van der Waals surface area contributed by atoms with E-state index in [1.165, 1.54) is 6.07 Å². The number of benzene rings is 1. The molecule has 1 aromatic heterocycles. The lowest BCUT2D eigenvalue weighted by Gasteiger charge is -2.20. The molecule has 0 bridgehead atoms. The maximum Gasteiger partial charge on any atom is 0.159 e. The summed E-state index contributed by atoms with van der Waals surface area (Å²) in [7, 11) is 0. The molecule has 2 heterocycles. The van der Waals surface area contributed by atoms with Crippen molar-refractivity contribution in [3.63, 3.8) is 0 Å². The highest BCUT2D eigenvalue weighted by molar-refractivity contribution is 5.71. The summed E-state index contributed by atoms with van der Waals surface area (Å²) in [5, 5.41) is 0. The highest BCUT2D eigenvalue weighted by atomic mass is 19.2. The molecule has 1 aliphatic heterocycles. The second-order valence-corrected chi connectivity index (χ2v) is 5.03. The summed E-state index contributed by atoms with van der Waals surface area (Å²) in [6.45, 7) is 2.94. The number of nitrogens with zero attached hydrogens (tertiary/aromatic N) is 2. The van der Waals surface area contributed by atoms with Crippen molar-refractivity contribution < 1.29 is 8.78 Å². The normalized spacial score (nSPS) is 18.4. The van der Waals surface area contributed by atoms with Crippen molar-refractivity contribution in [1.29, 1.82) is 0 Å². The van der Waals surface area contributed by atoms with E-state index in [1.54, 1.807) is 0 Å². The first kappa shape index (κ1) is 12.1. The molecule has 0 spiro atoms. The van der Waals surface area contributed by atoms with Crippen LogP contribution in [0.4, 0.5) is 14.6 Å². The Balaban J connectivity index is 2.13. The number of aromatic nitrogens is 2. The second kappa shape index (κ2) is 4.33. The van der Waals surface area contributed by atoms with Gasteiger partial charge in [0.1, 0.15) is 17.3 Å². The third kappa shape index (κ3) is 1.89. The molecule has 0 aliphatic carbocycles. The summed E-state index contributed by atoms with van der Waals surface area (Å²) in [6.07, 6.45) is 2.14. The monoisotopic (exact) mass is 263 g/mol. The fourth-order valence-corrected chi connectivity index (χ4v) is 2.64. The van der Waals surface area contributed by atoms with Crippen LogP contribution in [-0.4, -0.2) is 9.55 Å². The van der Waals surface area contributed by atoms with Crippen LogP contribution in [0.1, 0.15) is 31.5 Å². The molecular formula is C14H15F2N3. The van der Waals surface area contributed by atoms with Crippen LogP contribution < -0.4 is 5.73 Å². The van der Waals surface area contributed by atoms with Crippen LogP contribution in [0.2, 0.25) is 0 Å². The van der Waals surface area contributed by atoms with Gasteiger partial charge in [0, 0.05) is 18.0 Å². The first-order valence-corrected chi connectivity index (χ1v) is 6.39. The van der Waals surface area contributed by atoms with Crippen molar-refractivity contribution in [3.05, 3.63) is 35.7 Å². The van der Waals surface area contributed by atoms with Crippen LogP contribution in [0.25, 0.3) is 11.3 Å². The lowest BCUT2D eigenvalue weighted by Crippen LogP contribution is -2.15. The third-order valence-corrected chi connectivity index (χ3v) is 3.69. The molecule has 3 nitrogen and oxygen atoms in total. The number of hydrogen-bond acceptors (Lipinski definition) is 2. The largest absolute Gasteiger partial charge is 0.383 e. The molecule has 0 saturated carbocycles. The highest BCUT2D eigenvalue weighted by Gasteiger charge is 2.23. The molecule has 2 aromatic rings. The molecule has 0 fully saturated rings. The van der Waals surface area contributed by atoms with Gasteiger partial charge in [-0.25, -0.2) is 13.8 Å². The zero-order chi connectivity index (χ0) is 13.6. The average molecular weight is 263 g/mol. The summed E-state index contributed by atoms with van der Waals surface area (Å²) < 4.78 is 28.3. The fourth-order valence-electron chi connectivity index (χ4n) is 2.64. The minimum atomic E-state index is -0.879. The predicted molar refractivity (Wildman–Crippen MR) is 69.6 cm³/mol. The first-order valence-electron chi connectivity index (χ1n) is 6.39. The average Bonchev–Trinajstić information content (AvgIpc) is 2.72. The Kier molecular flexibility index (Phi) is 2.77. The van der Waals surface area contributed by atoms with Gasteiger partial charge in [-0.1, -0.05) is 6.92 Å². The van der Waals surface area contributed by atoms with Crippen molar-refractivity contribution in [2.24, 2.45) is 0 Å². The summed E-state index contributed by atoms with van der Waals surface area (Å²) in [5.41, 5.74) is 7.15. The Morgan fingerprint density at radius 1 is 1.32 bits per heavy atom. The minimum Gasteiger partial charge on any atom is -0.383 e. The topological polar surface area (TPSA) is 43.8 Å². The summed E-state index contributed by atoms with van der Waals surface area (Å²) in [6, 6.07) is 3.75. The van der Waals surface area contributed by atoms with E-state index >= 15 is 0 Å². The minimum absolute atomic E-state index is 0.343. The van der Waals surface area contributed by atoms with Crippen molar-refractivity contribution in [2.75, 3.05) is 5.73 Å². The Labute approximate surface area is 110 Å². The molecule has 2 N–H and O–H groups in total. The van der Waals surface area contributed by atoms with E-state index in [4.69, 9.17) is 5.73 Å². The quantitative estimate of drug-likeness (QED) is 0.857. The smallest absolute Gasteiger partial charge is 0.159 e. The SMILES string of the molecule is CC1CCCn2c1nc(-c1ccc(F)c(F)c1)c2N. The van der Waals surface area contributed by atoms with Crippen molar-refractivity contribution in [3.8, 4) is 11.3 Å². The molecule has 1 unspecified atom stereocenters. The van der Waals surface area contributed by atoms with E-state index in [-0.39, 0.29) is 0 Å². The summed E-state index contributed by atoms with van der Waals surface area (Å²) in [5.74, 6) is 0.0710. The molecule has 19 heavy (non-hydrogen) atoms. The van der Waals surface area contributed by atoms with Crippen LogP contribution in [0.3, 0.4) is 0 Å². The van der Waals surface area contributed by atoms with E-state index in [2.05, 4.69) is 11.9 Å². The number of fused-ring (bicyclic) bond motifs is 1. The molecule has 100 valence electrons. The van der Waals surface area contributed by atoms with Gasteiger partial charge >= 0.3 is 0 Å². The molecule has 1 atom stereocenters. The summed E-state index contributed by atoms with van der Waals surface area (Å²) in [4.78, 5) is 4.52. The van der Waals surface area contributed by atoms with E-state index in [0.29, 0.717) is 23.0 Å². The van der Waals surface area contributed by atoms with Gasteiger partial charge in [-0.3, -0.25) is 0 Å². The number of nitrogens with two attached hydrogens (primary N) is 1. The van der Waals surface area contributed by atoms with Gasteiger partial charge in [-0.2, -0.15) is 0 Å². The van der Waals surface area contributed by atoms with Gasteiger partial charge in [0.15, 0.2) is 11.6 Å². The Morgan fingerprint density at radius 3 is 2.79 bits per heavy atom. The van der Waals surface area contributed by atoms with Gasteiger partial charge < -0.3 is 10.3 Å². The van der Waals surface area contributed by atoms with Gasteiger partial charge in [0.2, 0.25) is 0 Å². The lowest BCUT2D eigenvalue weighted by molar-refractivity contribution is 0.467. The van der Waals surface area contributed by atoms with Gasteiger partial charge in [0.25, 0.3) is 0 Å². The molecular weight excluding hydrogens is 248 g/mol. The molecule has 3 rings (SSSR count). The van der Waals surface area contributed by atoms with Crippen LogP contribution >= 0.6 is 0 Å². The van der Waals surface area contributed by atoms with E-state index in [1.807, 2.05) is 4.57 Å². The van der Waals surface area contributed by atoms with E-state index < -0.39 is 11.6 Å². The maximum atomic E-state index is 13.3. The number of nitrogen functional groups attached to an aromatic ring is 1. The first-order chi connectivity index (χ1) is 9.08. The molecule has 0 amide bonds. The van der Waals surface area contributed by atoms with Crippen molar-refractivity contribution in [2.45, 2.75) is 32.2 Å². The van der Waals surface area contributed by atoms with E-state index in [9.17, 15) is 8.78 Å². The summed E-state index contributed by atoms with van der Waals surface area (Å²) >= 11 is 0. The highest BCUT2D eigenvalue weighted by Crippen LogP contribution is 2.34. The number of halogens is 2. The standard InChI is InChI=1S/C14H15F2N3/c1-8-3-2-6-19-13(17)12(18-14(8)19)9-4-5-10(15)11(16)7-9/h4-5,7-8H,2-3,6,17H2,1H3.